The summed E-state index contributed by atoms with van der Waals surface area (Å²) in [6.07, 6.45) is 0.733. The molecule has 2 aromatic carbocycles. The first-order valence-corrected chi connectivity index (χ1v) is 9.01. The fourth-order valence-electron chi connectivity index (χ4n) is 2.95. The Morgan fingerprint density at radius 1 is 0.800 bits per heavy atom. The topological polar surface area (TPSA) is 40.6 Å². The molecule has 2 amide bonds. The number of benzene rings is 2. The second-order valence-electron chi connectivity index (χ2n) is 5.93. The van der Waals surface area contributed by atoms with Crippen molar-refractivity contribution in [2.24, 2.45) is 0 Å². The quantitative estimate of drug-likeness (QED) is 0.816. The number of carbonyl (C=O) groups excluding carboxylic acids is 2. The van der Waals surface area contributed by atoms with Gasteiger partial charge in [0, 0.05) is 31.1 Å². The van der Waals surface area contributed by atoms with E-state index < -0.39 is 0 Å². The van der Waals surface area contributed by atoms with Crippen molar-refractivity contribution < 1.29 is 9.59 Å². The summed E-state index contributed by atoms with van der Waals surface area (Å²) in [6.45, 7) is 2.21. The van der Waals surface area contributed by atoms with E-state index >= 15 is 0 Å². The second kappa shape index (κ2) is 7.93. The molecular weight excluding hydrogens is 356 g/mol. The molecule has 25 heavy (non-hydrogen) atoms. The van der Waals surface area contributed by atoms with Crippen molar-refractivity contribution >= 4 is 36.0 Å². The summed E-state index contributed by atoms with van der Waals surface area (Å²) < 4.78 is 0. The number of nitrogens with zero attached hydrogens (tertiary/aromatic N) is 2. The van der Waals surface area contributed by atoms with Gasteiger partial charge in [0.15, 0.2) is 0 Å². The molecule has 1 aliphatic rings. The van der Waals surface area contributed by atoms with E-state index in [1.54, 1.807) is 46.2 Å². The van der Waals surface area contributed by atoms with Gasteiger partial charge in [-0.1, -0.05) is 35.9 Å². The third-order valence-corrected chi connectivity index (χ3v) is 5.03. The predicted octanol–water partition coefficient (Wildman–Crippen LogP) is 3.62. The second-order valence-corrected chi connectivity index (χ2v) is 6.82. The summed E-state index contributed by atoms with van der Waals surface area (Å²) in [6, 6.07) is 14.3. The van der Waals surface area contributed by atoms with Crippen LogP contribution in [-0.2, 0) is 0 Å². The first-order chi connectivity index (χ1) is 12.1. The van der Waals surface area contributed by atoms with Crippen molar-refractivity contribution in [3.63, 3.8) is 0 Å². The Labute approximate surface area is 157 Å². The molecule has 0 aromatic heterocycles. The van der Waals surface area contributed by atoms with Gasteiger partial charge in [-0.3, -0.25) is 9.59 Å². The van der Waals surface area contributed by atoms with Crippen molar-refractivity contribution in [3.8, 4) is 0 Å². The van der Waals surface area contributed by atoms with Crippen LogP contribution in [0.2, 0.25) is 5.02 Å². The predicted molar refractivity (Wildman–Crippen MR) is 102 cm³/mol. The van der Waals surface area contributed by atoms with Crippen LogP contribution in [0.3, 0.4) is 0 Å². The van der Waals surface area contributed by atoms with Gasteiger partial charge in [0.1, 0.15) is 0 Å². The van der Waals surface area contributed by atoms with Crippen molar-refractivity contribution in [2.75, 3.05) is 26.2 Å². The Morgan fingerprint density at radius 3 is 1.92 bits per heavy atom. The van der Waals surface area contributed by atoms with Crippen LogP contribution in [0, 0.1) is 0 Å². The minimum absolute atomic E-state index is 0.0438. The highest BCUT2D eigenvalue weighted by molar-refractivity contribution is 7.80. The lowest BCUT2D eigenvalue weighted by molar-refractivity contribution is 0.0717. The smallest absolute Gasteiger partial charge is 0.255 e. The summed E-state index contributed by atoms with van der Waals surface area (Å²) in [5.41, 5.74) is 1.10. The SMILES string of the molecule is O=C(c1ccccc1S)N1CCCN(C(=O)c2ccccc2Cl)CC1. The van der Waals surface area contributed by atoms with Gasteiger partial charge >= 0.3 is 0 Å². The molecule has 0 unspecified atom stereocenters. The number of amides is 2. The van der Waals surface area contributed by atoms with Crippen molar-refractivity contribution in [3.05, 3.63) is 64.7 Å². The van der Waals surface area contributed by atoms with E-state index in [0.717, 1.165) is 6.42 Å². The number of rotatable bonds is 2. The minimum Gasteiger partial charge on any atom is -0.337 e. The standard InChI is InChI=1S/C19H19ClN2O2S/c20-16-8-3-1-6-14(16)18(23)21-10-5-11-22(13-12-21)19(24)15-7-2-4-9-17(15)25/h1-4,6-9,25H,5,10-13H2. The number of hydrogen-bond donors (Lipinski definition) is 1. The van der Waals surface area contributed by atoms with E-state index in [9.17, 15) is 9.59 Å². The van der Waals surface area contributed by atoms with E-state index in [4.69, 9.17) is 11.6 Å². The van der Waals surface area contributed by atoms with Crippen molar-refractivity contribution in [1.82, 2.24) is 9.80 Å². The molecule has 130 valence electrons. The Morgan fingerprint density at radius 2 is 1.32 bits per heavy atom. The van der Waals surface area contributed by atoms with Crippen LogP contribution in [0.5, 0.6) is 0 Å². The van der Waals surface area contributed by atoms with Crippen molar-refractivity contribution in [1.29, 1.82) is 0 Å². The van der Waals surface area contributed by atoms with Gasteiger partial charge in [-0.2, -0.15) is 0 Å². The lowest BCUT2D eigenvalue weighted by Gasteiger charge is -2.23. The van der Waals surface area contributed by atoms with Gasteiger partial charge < -0.3 is 9.80 Å². The molecule has 0 N–H and O–H groups in total. The zero-order chi connectivity index (χ0) is 17.8. The van der Waals surface area contributed by atoms with Crippen LogP contribution < -0.4 is 0 Å². The molecule has 1 heterocycles. The Hall–Kier alpha value is -1.98. The van der Waals surface area contributed by atoms with Gasteiger partial charge in [0.05, 0.1) is 16.1 Å². The summed E-state index contributed by atoms with van der Waals surface area (Å²) >= 11 is 10.5. The molecule has 0 atom stereocenters. The lowest BCUT2D eigenvalue weighted by atomic mass is 10.2. The highest BCUT2D eigenvalue weighted by atomic mass is 35.5. The number of halogens is 1. The normalized spacial score (nSPS) is 15.0. The zero-order valence-corrected chi connectivity index (χ0v) is 15.3. The van der Waals surface area contributed by atoms with E-state index in [-0.39, 0.29) is 11.8 Å². The number of carbonyl (C=O) groups is 2. The maximum atomic E-state index is 12.7. The van der Waals surface area contributed by atoms with Gasteiger partial charge in [-0.25, -0.2) is 0 Å². The molecule has 1 aliphatic heterocycles. The van der Waals surface area contributed by atoms with Crippen LogP contribution in [-0.4, -0.2) is 47.8 Å². The van der Waals surface area contributed by atoms with Gasteiger partial charge in [-0.15, -0.1) is 12.6 Å². The van der Waals surface area contributed by atoms with Gasteiger partial charge in [0.2, 0.25) is 0 Å². The Kier molecular flexibility index (Phi) is 5.66. The molecule has 6 heteroatoms. The average Bonchev–Trinajstić information content (AvgIpc) is 2.87. The molecule has 0 bridgehead atoms. The summed E-state index contributed by atoms with van der Waals surface area (Å²) in [7, 11) is 0. The molecule has 4 nitrogen and oxygen atoms in total. The summed E-state index contributed by atoms with van der Waals surface area (Å²) in [4.78, 5) is 29.6. The van der Waals surface area contributed by atoms with E-state index in [1.165, 1.54) is 0 Å². The first-order valence-electron chi connectivity index (χ1n) is 8.19. The third-order valence-electron chi connectivity index (χ3n) is 4.31. The lowest BCUT2D eigenvalue weighted by Crippen LogP contribution is -2.37. The molecule has 2 aromatic rings. The molecule has 0 spiro atoms. The van der Waals surface area contributed by atoms with Crippen LogP contribution in [0.4, 0.5) is 0 Å². The molecular formula is C19H19ClN2O2S. The van der Waals surface area contributed by atoms with Crippen LogP contribution in [0.1, 0.15) is 27.1 Å². The van der Waals surface area contributed by atoms with Crippen LogP contribution in [0.15, 0.2) is 53.4 Å². The monoisotopic (exact) mass is 374 g/mol. The zero-order valence-electron chi connectivity index (χ0n) is 13.7. The molecule has 1 fully saturated rings. The first kappa shape index (κ1) is 17.8. The molecule has 3 rings (SSSR count). The van der Waals surface area contributed by atoms with Gasteiger partial charge in [-0.05, 0) is 30.7 Å². The summed E-state index contributed by atoms with van der Waals surface area (Å²) in [5.74, 6) is -0.132. The maximum Gasteiger partial charge on any atom is 0.255 e. The van der Waals surface area contributed by atoms with E-state index in [2.05, 4.69) is 12.6 Å². The minimum atomic E-state index is -0.0884. The van der Waals surface area contributed by atoms with Crippen LogP contribution >= 0.6 is 24.2 Å². The number of hydrogen-bond acceptors (Lipinski definition) is 3. The molecule has 0 aliphatic carbocycles. The van der Waals surface area contributed by atoms with E-state index in [0.29, 0.717) is 47.2 Å². The Bertz CT molecular complexity index is 731. The fourth-order valence-corrected chi connectivity index (χ4v) is 3.43. The van der Waals surface area contributed by atoms with Gasteiger partial charge in [0.25, 0.3) is 11.8 Å². The highest BCUT2D eigenvalue weighted by Crippen LogP contribution is 2.20. The molecule has 0 saturated carbocycles. The fraction of sp³-hybridized carbons (Fsp3) is 0.263. The largest absolute Gasteiger partial charge is 0.337 e. The van der Waals surface area contributed by atoms with E-state index in [1.807, 2.05) is 12.1 Å². The maximum absolute atomic E-state index is 12.7. The molecule has 1 saturated heterocycles. The Balaban J connectivity index is 1.70. The highest BCUT2D eigenvalue weighted by Gasteiger charge is 2.25. The third kappa shape index (κ3) is 3.99. The van der Waals surface area contributed by atoms with Crippen LogP contribution in [0.25, 0.3) is 0 Å². The van der Waals surface area contributed by atoms with Crippen molar-refractivity contribution in [2.45, 2.75) is 11.3 Å². The summed E-state index contributed by atoms with van der Waals surface area (Å²) in [5, 5.41) is 0.452. The average molecular weight is 375 g/mol. The molecule has 0 radical (unpaired) electrons. The number of thiol groups is 1.